The molecular weight excluding hydrogens is 294 g/mol. The third-order valence-electron chi connectivity index (χ3n) is 6.50. The number of benzene rings is 1. The number of thiocarbonyl (C=S) groups is 1. The van der Waals surface area contributed by atoms with Gasteiger partial charge in [0, 0.05) is 5.92 Å². The molecule has 1 aromatic rings. The van der Waals surface area contributed by atoms with Crippen molar-refractivity contribution in [3.63, 3.8) is 0 Å². The molecule has 3 heteroatoms. The van der Waals surface area contributed by atoms with E-state index in [1.54, 1.807) is 5.56 Å². The van der Waals surface area contributed by atoms with Crippen LogP contribution in [0.3, 0.4) is 0 Å². The molecule has 4 aliphatic rings. The van der Waals surface area contributed by atoms with Crippen LogP contribution in [0.25, 0.3) is 0 Å². The maximum absolute atomic E-state index is 6.13. The molecule has 4 aliphatic carbocycles. The zero-order chi connectivity index (χ0) is 14.7. The molecule has 0 aliphatic heterocycles. The third kappa shape index (κ3) is 1.86. The fourth-order valence-electron chi connectivity index (χ4n) is 6.14. The molecule has 4 fully saturated rings. The fraction of sp³-hybridized carbons (Fsp3) is 0.611. The molecule has 5 atom stereocenters. The zero-order valence-electron chi connectivity index (χ0n) is 12.5. The van der Waals surface area contributed by atoms with Gasteiger partial charge >= 0.3 is 0 Å². The van der Waals surface area contributed by atoms with Crippen LogP contribution in [-0.2, 0) is 5.41 Å². The normalized spacial score (nSPS) is 43.4. The van der Waals surface area contributed by atoms with E-state index >= 15 is 0 Å². The molecule has 0 heterocycles. The summed E-state index contributed by atoms with van der Waals surface area (Å²) in [7, 11) is 0. The molecule has 21 heavy (non-hydrogen) atoms. The van der Waals surface area contributed by atoms with Gasteiger partial charge in [0.15, 0.2) is 0 Å². The van der Waals surface area contributed by atoms with Crippen LogP contribution in [0.15, 0.2) is 30.3 Å². The van der Waals surface area contributed by atoms with Gasteiger partial charge in [0.25, 0.3) is 0 Å². The number of nitrogens with two attached hydrogens (primary N) is 1. The average Bonchev–Trinajstić information content (AvgIpc) is 2.82. The first-order chi connectivity index (χ1) is 10.1. The van der Waals surface area contributed by atoms with Crippen molar-refractivity contribution in [2.75, 3.05) is 12.0 Å². The van der Waals surface area contributed by atoms with Crippen molar-refractivity contribution in [3.05, 3.63) is 35.9 Å². The molecule has 0 amide bonds. The maximum atomic E-state index is 6.13. The predicted octanol–water partition coefficient (Wildman–Crippen LogP) is 4.01. The Hall–Kier alpha value is -0.540. The van der Waals surface area contributed by atoms with Gasteiger partial charge in [0.1, 0.15) is 0 Å². The highest BCUT2D eigenvalue weighted by atomic mass is 32.2. The molecule has 1 aromatic carbocycles. The standard InChI is InChI=1S/C18H23NS2/c1-21-11-18-8-12-7-17(10-18,13-5-3-2-4-6-13)9-14(18)15(12)16(19)20/h2-6,12,14-15H,7-11H2,1H3,(H2,19,20). The van der Waals surface area contributed by atoms with Crippen molar-refractivity contribution in [2.45, 2.75) is 31.1 Å². The van der Waals surface area contributed by atoms with E-state index in [0.717, 1.165) is 16.8 Å². The van der Waals surface area contributed by atoms with E-state index in [9.17, 15) is 0 Å². The second kappa shape index (κ2) is 4.73. The van der Waals surface area contributed by atoms with Crippen molar-refractivity contribution in [1.29, 1.82) is 0 Å². The Labute approximate surface area is 137 Å². The molecule has 0 radical (unpaired) electrons. The van der Waals surface area contributed by atoms with E-state index in [2.05, 4.69) is 36.6 Å². The van der Waals surface area contributed by atoms with Crippen LogP contribution in [0.4, 0.5) is 0 Å². The summed E-state index contributed by atoms with van der Waals surface area (Å²) < 4.78 is 0. The molecule has 2 N–H and O–H groups in total. The van der Waals surface area contributed by atoms with E-state index in [0.29, 0.717) is 16.7 Å². The summed E-state index contributed by atoms with van der Waals surface area (Å²) in [5.74, 6) is 3.23. The molecule has 4 bridgehead atoms. The van der Waals surface area contributed by atoms with Gasteiger partial charge in [-0.1, -0.05) is 42.5 Å². The summed E-state index contributed by atoms with van der Waals surface area (Å²) in [4.78, 5) is 0.788. The first-order valence-corrected chi connectivity index (χ1v) is 9.74. The Morgan fingerprint density at radius 1 is 1.29 bits per heavy atom. The highest BCUT2D eigenvalue weighted by molar-refractivity contribution is 7.98. The van der Waals surface area contributed by atoms with Gasteiger partial charge < -0.3 is 5.73 Å². The Bertz CT molecular complexity index is 572. The van der Waals surface area contributed by atoms with E-state index < -0.39 is 0 Å². The van der Waals surface area contributed by atoms with Gasteiger partial charge in [-0.05, 0) is 65.9 Å². The van der Waals surface area contributed by atoms with Crippen molar-refractivity contribution in [1.82, 2.24) is 0 Å². The second-order valence-electron chi connectivity index (χ2n) is 7.53. The van der Waals surface area contributed by atoms with Crippen LogP contribution in [0, 0.1) is 23.2 Å². The van der Waals surface area contributed by atoms with Gasteiger partial charge in [-0.2, -0.15) is 11.8 Å². The van der Waals surface area contributed by atoms with Crippen LogP contribution in [0.2, 0.25) is 0 Å². The van der Waals surface area contributed by atoms with Crippen LogP contribution < -0.4 is 5.73 Å². The fourth-order valence-corrected chi connectivity index (χ4v) is 7.51. The molecular formula is C18H23NS2. The lowest BCUT2D eigenvalue weighted by Gasteiger charge is -2.43. The Morgan fingerprint density at radius 3 is 2.71 bits per heavy atom. The van der Waals surface area contributed by atoms with E-state index in [1.165, 1.54) is 31.4 Å². The highest BCUT2D eigenvalue weighted by Crippen LogP contribution is 2.73. The minimum atomic E-state index is 0.409. The number of hydrogen-bond acceptors (Lipinski definition) is 2. The van der Waals surface area contributed by atoms with Crippen LogP contribution in [0.1, 0.15) is 31.2 Å². The quantitative estimate of drug-likeness (QED) is 0.850. The number of rotatable bonds is 4. The summed E-state index contributed by atoms with van der Waals surface area (Å²) in [5, 5.41) is 0. The third-order valence-corrected chi connectivity index (χ3v) is 7.63. The van der Waals surface area contributed by atoms with Gasteiger partial charge in [0.05, 0.1) is 4.99 Å². The van der Waals surface area contributed by atoms with Crippen molar-refractivity contribution >= 4 is 29.0 Å². The molecule has 4 saturated carbocycles. The largest absolute Gasteiger partial charge is 0.393 e. The summed E-state index contributed by atoms with van der Waals surface area (Å²) in [6.45, 7) is 0. The molecule has 0 saturated heterocycles. The lowest BCUT2D eigenvalue weighted by atomic mass is 9.62. The van der Waals surface area contributed by atoms with E-state index in [4.69, 9.17) is 18.0 Å². The van der Waals surface area contributed by atoms with Crippen LogP contribution >= 0.6 is 24.0 Å². The molecule has 0 spiro atoms. The predicted molar refractivity (Wildman–Crippen MR) is 94.7 cm³/mol. The topological polar surface area (TPSA) is 26.0 Å². The highest BCUT2D eigenvalue weighted by Gasteiger charge is 2.68. The van der Waals surface area contributed by atoms with Crippen LogP contribution in [-0.4, -0.2) is 17.0 Å². The summed E-state index contributed by atoms with van der Waals surface area (Å²) in [6.07, 6.45) is 7.56. The van der Waals surface area contributed by atoms with Crippen molar-refractivity contribution in [2.24, 2.45) is 28.9 Å². The molecule has 5 rings (SSSR count). The Kier molecular flexibility index (Phi) is 3.17. The summed E-state index contributed by atoms with van der Waals surface area (Å²) in [6, 6.07) is 11.2. The minimum Gasteiger partial charge on any atom is -0.393 e. The first kappa shape index (κ1) is 14.1. The zero-order valence-corrected chi connectivity index (χ0v) is 14.2. The molecule has 0 aromatic heterocycles. The summed E-state index contributed by atoms with van der Waals surface area (Å²) >= 11 is 7.45. The first-order valence-electron chi connectivity index (χ1n) is 7.94. The van der Waals surface area contributed by atoms with Crippen molar-refractivity contribution < 1.29 is 0 Å². The van der Waals surface area contributed by atoms with E-state index in [1.807, 2.05) is 11.8 Å². The van der Waals surface area contributed by atoms with Gasteiger partial charge in [-0.15, -0.1) is 0 Å². The van der Waals surface area contributed by atoms with Gasteiger partial charge in [-0.25, -0.2) is 0 Å². The lowest BCUT2D eigenvalue weighted by molar-refractivity contribution is 0.186. The molecule has 5 unspecified atom stereocenters. The Morgan fingerprint density at radius 2 is 2.05 bits per heavy atom. The Balaban J connectivity index is 1.76. The SMILES string of the molecule is CSCC12CC3CC(c4ccccc4)(CC1C3C(N)=S)C2. The van der Waals surface area contributed by atoms with E-state index in [-0.39, 0.29) is 0 Å². The molecule has 112 valence electrons. The smallest absolute Gasteiger partial charge is 0.0764 e. The molecule has 1 nitrogen and oxygen atoms in total. The van der Waals surface area contributed by atoms with Crippen molar-refractivity contribution in [3.8, 4) is 0 Å². The monoisotopic (exact) mass is 317 g/mol. The average molecular weight is 318 g/mol. The number of hydrogen-bond donors (Lipinski definition) is 1. The van der Waals surface area contributed by atoms with Gasteiger partial charge in [0.2, 0.25) is 0 Å². The number of thioether (sulfide) groups is 1. The maximum Gasteiger partial charge on any atom is 0.0764 e. The van der Waals surface area contributed by atoms with Crippen LogP contribution in [0.5, 0.6) is 0 Å². The lowest BCUT2D eigenvalue weighted by Crippen LogP contribution is -2.40. The van der Waals surface area contributed by atoms with Gasteiger partial charge in [-0.3, -0.25) is 0 Å². The summed E-state index contributed by atoms with van der Waals surface area (Å²) in [5.41, 5.74) is 8.59. The second-order valence-corrected chi connectivity index (χ2v) is 8.86. The minimum absolute atomic E-state index is 0.409.